The Hall–Kier alpha value is -0.590. The number of likely N-dealkylation sites (tertiary alicyclic amines) is 1. The number of nitrogens with one attached hydrogen (secondary N) is 1. The molecule has 0 aromatic heterocycles. The number of hydrogen-bond donors (Lipinski definition) is 1. The summed E-state index contributed by atoms with van der Waals surface area (Å²) in [5.74, 6) is 0. The van der Waals surface area contributed by atoms with E-state index < -0.39 is 0 Å². The Morgan fingerprint density at radius 1 is 1.33 bits per heavy atom. The predicted octanol–water partition coefficient (Wildman–Crippen LogP) is 1.75. The van der Waals surface area contributed by atoms with Gasteiger partial charge < -0.3 is 10.2 Å². The standard InChI is InChI=1S/C12H23N3/c1-12(11-15-9-5-6-10-15)14-8-4-2-3-7-13/h12,14H,2-6,8-11H2,1H3. The molecule has 1 atom stereocenters. The van der Waals surface area contributed by atoms with E-state index in [9.17, 15) is 0 Å². The molecule has 1 saturated heterocycles. The number of nitriles is 1. The van der Waals surface area contributed by atoms with Crippen LogP contribution in [0.15, 0.2) is 0 Å². The van der Waals surface area contributed by atoms with Crippen molar-refractivity contribution in [3.05, 3.63) is 0 Å². The summed E-state index contributed by atoms with van der Waals surface area (Å²) in [6.45, 7) is 7.04. The first kappa shape index (κ1) is 12.5. The third kappa shape index (κ3) is 5.76. The lowest BCUT2D eigenvalue weighted by molar-refractivity contribution is 0.298. The van der Waals surface area contributed by atoms with Crippen LogP contribution in [0.5, 0.6) is 0 Å². The second-order valence-electron chi connectivity index (χ2n) is 4.48. The van der Waals surface area contributed by atoms with Crippen molar-refractivity contribution in [1.29, 1.82) is 5.26 Å². The molecule has 3 nitrogen and oxygen atoms in total. The Labute approximate surface area is 93.5 Å². The molecule has 1 aliphatic heterocycles. The highest BCUT2D eigenvalue weighted by molar-refractivity contribution is 4.73. The van der Waals surface area contributed by atoms with Crippen LogP contribution in [0.2, 0.25) is 0 Å². The summed E-state index contributed by atoms with van der Waals surface area (Å²) in [7, 11) is 0. The van der Waals surface area contributed by atoms with Crippen molar-refractivity contribution in [3.63, 3.8) is 0 Å². The lowest BCUT2D eigenvalue weighted by Gasteiger charge is -2.21. The van der Waals surface area contributed by atoms with E-state index in [1.54, 1.807) is 0 Å². The molecule has 86 valence electrons. The normalized spacial score (nSPS) is 18.9. The number of rotatable bonds is 7. The van der Waals surface area contributed by atoms with Crippen molar-refractivity contribution in [2.24, 2.45) is 0 Å². The third-order valence-corrected chi connectivity index (χ3v) is 2.94. The van der Waals surface area contributed by atoms with Crippen LogP contribution in [0, 0.1) is 11.3 Å². The molecule has 15 heavy (non-hydrogen) atoms. The molecule has 1 unspecified atom stereocenters. The Morgan fingerprint density at radius 2 is 2.07 bits per heavy atom. The quantitative estimate of drug-likeness (QED) is 0.649. The Bertz CT molecular complexity index is 192. The van der Waals surface area contributed by atoms with E-state index in [4.69, 9.17) is 5.26 Å². The molecule has 0 bridgehead atoms. The minimum atomic E-state index is 0.588. The van der Waals surface area contributed by atoms with Gasteiger partial charge in [-0.25, -0.2) is 0 Å². The topological polar surface area (TPSA) is 39.1 Å². The second kappa shape index (κ2) is 7.67. The molecule has 0 radical (unpaired) electrons. The molecular formula is C12H23N3. The van der Waals surface area contributed by atoms with Gasteiger partial charge in [-0.2, -0.15) is 5.26 Å². The lowest BCUT2D eigenvalue weighted by Crippen LogP contribution is -2.38. The van der Waals surface area contributed by atoms with Crippen LogP contribution in [-0.4, -0.2) is 37.1 Å². The van der Waals surface area contributed by atoms with Gasteiger partial charge in [-0.1, -0.05) is 0 Å². The van der Waals surface area contributed by atoms with Crippen molar-refractivity contribution in [3.8, 4) is 6.07 Å². The maximum atomic E-state index is 8.39. The highest BCUT2D eigenvalue weighted by atomic mass is 15.2. The molecular weight excluding hydrogens is 186 g/mol. The van der Waals surface area contributed by atoms with E-state index in [0.717, 1.165) is 19.4 Å². The van der Waals surface area contributed by atoms with Gasteiger partial charge in [-0.15, -0.1) is 0 Å². The molecule has 1 rings (SSSR count). The van der Waals surface area contributed by atoms with Crippen LogP contribution in [-0.2, 0) is 0 Å². The molecule has 0 aromatic rings. The van der Waals surface area contributed by atoms with Crippen LogP contribution in [0.4, 0.5) is 0 Å². The summed E-state index contributed by atoms with van der Waals surface area (Å²) in [5, 5.41) is 11.9. The average molecular weight is 209 g/mol. The van der Waals surface area contributed by atoms with Crippen molar-refractivity contribution < 1.29 is 0 Å². The first-order valence-electron chi connectivity index (χ1n) is 6.15. The van der Waals surface area contributed by atoms with Gasteiger partial charge in [0, 0.05) is 19.0 Å². The summed E-state index contributed by atoms with van der Waals surface area (Å²) < 4.78 is 0. The highest BCUT2D eigenvalue weighted by Gasteiger charge is 2.13. The fraction of sp³-hybridized carbons (Fsp3) is 0.917. The van der Waals surface area contributed by atoms with Crippen molar-refractivity contribution in [1.82, 2.24) is 10.2 Å². The van der Waals surface area contributed by atoms with E-state index in [2.05, 4.69) is 23.2 Å². The lowest BCUT2D eigenvalue weighted by atomic mass is 10.2. The summed E-state index contributed by atoms with van der Waals surface area (Å²) >= 11 is 0. The van der Waals surface area contributed by atoms with Crippen LogP contribution in [0.1, 0.15) is 39.0 Å². The van der Waals surface area contributed by atoms with Gasteiger partial charge in [0.2, 0.25) is 0 Å². The Balaban J connectivity index is 1.93. The summed E-state index contributed by atoms with van der Waals surface area (Å²) in [6.07, 6.45) is 5.59. The van der Waals surface area contributed by atoms with Crippen LogP contribution in [0.3, 0.4) is 0 Å². The predicted molar refractivity (Wildman–Crippen MR) is 62.6 cm³/mol. The fourth-order valence-corrected chi connectivity index (χ4v) is 2.09. The molecule has 1 fully saturated rings. The van der Waals surface area contributed by atoms with Gasteiger partial charge in [0.15, 0.2) is 0 Å². The maximum absolute atomic E-state index is 8.39. The van der Waals surface area contributed by atoms with E-state index in [0.29, 0.717) is 12.5 Å². The van der Waals surface area contributed by atoms with Gasteiger partial charge in [0.1, 0.15) is 0 Å². The molecule has 0 aliphatic carbocycles. The summed E-state index contributed by atoms with van der Waals surface area (Å²) in [5.41, 5.74) is 0. The zero-order valence-corrected chi connectivity index (χ0v) is 9.84. The molecule has 1 aliphatic rings. The first-order chi connectivity index (χ1) is 7.33. The third-order valence-electron chi connectivity index (χ3n) is 2.94. The molecule has 0 amide bonds. The van der Waals surface area contributed by atoms with E-state index in [-0.39, 0.29) is 0 Å². The minimum absolute atomic E-state index is 0.588. The van der Waals surface area contributed by atoms with E-state index in [1.807, 2.05) is 0 Å². The monoisotopic (exact) mass is 209 g/mol. The smallest absolute Gasteiger partial charge is 0.0621 e. The van der Waals surface area contributed by atoms with Crippen LogP contribution < -0.4 is 5.32 Å². The average Bonchev–Trinajstić information content (AvgIpc) is 2.70. The Kier molecular flexibility index (Phi) is 6.38. The van der Waals surface area contributed by atoms with Gasteiger partial charge in [0.25, 0.3) is 0 Å². The van der Waals surface area contributed by atoms with Gasteiger partial charge in [-0.3, -0.25) is 0 Å². The molecule has 3 heteroatoms. The molecule has 0 spiro atoms. The minimum Gasteiger partial charge on any atom is -0.313 e. The van der Waals surface area contributed by atoms with Gasteiger partial charge >= 0.3 is 0 Å². The zero-order chi connectivity index (χ0) is 10.9. The highest BCUT2D eigenvalue weighted by Crippen LogP contribution is 2.07. The number of hydrogen-bond acceptors (Lipinski definition) is 3. The van der Waals surface area contributed by atoms with Gasteiger partial charge in [0.05, 0.1) is 6.07 Å². The second-order valence-corrected chi connectivity index (χ2v) is 4.48. The maximum Gasteiger partial charge on any atom is 0.0621 e. The molecule has 0 aromatic carbocycles. The van der Waals surface area contributed by atoms with E-state index >= 15 is 0 Å². The fourth-order valence-electron chi connectivity index (χ4n) is 2.09. The molecule has 1 N–H and O–H groups in total. The SMILES string of the molecule is CC(CN1CCCC1)NCCCCC#N. The molecule has 0 saturated carbocycles. The van der Waals surface area contributed by atoms with Crippen molar-refractivity contribution in [2.45, 2.75) is 45.1 Å². The van der Waals surface area contributed by atoms with Crippen molar-refractivity contribution >= 4 is 0 Å². The largest absolute Gasteiger partial charge is 0.313 e. The summed E-state index contributed by atoms with van der Waals surface area (Å²) in [4.78, 5) is 2.53. The Morgan fingerprint density at radius 3 is 2.73 bits per heavy atom. The van der Waals surface area contributed by atoms with Gasteiger partial charge in [-0.05, 0) is 52.2 Å². The van der Waals surface area contributed by atoms with E-state index in [1.165, 1.54) is 32.5 Å². The zero-order valence-electron chi connectivity index (χ0n) is 9.84. The van der Waals surface area contributed by atoms with Crippen LogP contribution >= 0.6 is 0 Å². The number of nitrogens with zero attached hydrogens (tertiary/aromatic N) is 2. The van der Waals surface area contributed by atoms with Crippen molar-refractivity contribution in [2.75, 3.05) is 26.2 Å². The first-order valence-corrected chi connectivity index (χ1v) is 6.15. The van der Waals surface area contributed by atoms with Crippen LogP contribution in [0.25, 0.3) is 0 Å². The molecule has 1 heterocycles. The summed E-state index contributed by atoms with van der Waals surface area (Å²) in [6, 6.07) is 2.77. The number of unbranched alkanes of at least 4 members (excludes halogenated alkanes) is 2.